The summed E-state index contributed by atoms with van der Waals surface area (Å²) in [4.78, 5) is 24.7. The number of carbonyl (C=O) groups is 1. The summed E-state index contributed by atoms with van der Waals surface area (Å²) in [6.45, 7) is 10.3. The zero-order valence-corrected chi connectivity index (χ0v) is 28.7. The Morgan fingerprint density at radius 1 is 1.06 bits per heavy atom. The highest BCUT2D eigenvalue weighted by atomic mass is 19.1. The molecule has 2 aliphatic carbocycles. The van der Waals surface area contributed by atoms with E-state index < -0.39 is 11.6 Å². The Morgan fingerprint density at radius 2 is 1.84 bits per heavy atom. The van der Waals surface area contributed by atoms with Gasteiger partial charge in [0.05, 0.1) is 58.5 Å². The van der Waals surface area contributed by atoms with E-state index in [2.05, 4.69) is 12.6 Å². The van der Waals surface area contributed by atoms with Gasteiger partial charge >= 0.3 is 0 Å². The van der Waals surface area contributed by atoms with Crippen LogP contribution in [0.15, 0.2) is 49.1 Å². The molecule has 0 bridgehead atoms. The molecule has 0 radical (unpaired) electrons. The topological polar surface area (TPSA) is 98.3 Å². The summed E-state index contributed by atoms with van der Waals surface area (Å²) in [5.41, 5.74) is 8.03. The first-order chi connectivity index (χ1) is 24.0. The summed E-state index contributed by atoms with van der Waals surface area (Å²) in [6, 6.07) is 9.80. The molecular weight excluding hydrogens is 638 g/mol. The molecule has 1 amide bonds. The molecule has 2 aromatic carbocycles. The zero-order valence-electron chi connectivity index (χ0n) is 28.7. The highest BCUT2D eigenvalue weighted by Gasteiger charge is 2.36. The molecule has 2 atom stereocenters. The van der Waals surface area contributed by atoms with Gasteiger partial charge in [0.2, 0.25) is 5.91 Å². The number of aromatic nitrogens is 5. The molecule has 8 rings (SSSR count). The highest BCUT2D eigenvalue weighted by molar-refractivity contribution is 5.91. The van der Waals surface area contributed by atoms with E-state index in [0.29, 0.717) is 42.8 Å². The average Bonchev–Trinajstić information content (AvgIpc) is 3.81. The molecule has 1 N–H and O–H groups in total. The molecule has 3 aromatic heterocycles. The number of nitrogens with zero attached hydrogens (tertiary/aromatic N) is 6. The number of aliphatic hydroxyl groups is 1. The first-order valence-electron chi connectivity index (χ1n) is 17.3. The van der Waals surface area contributed by atoms with Gasteiger partial charge in [-0.2, -0.15) is 5.10 Å². The third-order valence-electron chi connectivity index (χ3n) is 10.8. The average molecular weight is 679 g/mol. The van der Waals surface area contributed by atoms with Crippen molar-refractivity contribution in [3.63, 3.8) is 0 Å². The van der Waals surface area contributed by atoms with E-state index in [-0.39, 0.29) is 47.9 Å². The molecule has 0 spiro atoms. The third kappa shape index (κ3) is 5.21. The van der Waals surface area contributed by atoms with Crippen molar-refractivity contribution < 1.29 is 23.4 Å². The number of hydrogen-bond donors (Lipinski definition) is 1. The Hall–Kier alpha value is -4.90. The largest absolute Gasteiger partial charge is 0.492 e. The summed E-state index contributed by atoms with van der Waals surface area (Å²) < 4.78 is 41.4. The molecule has 50 heavy (non-hydrogen) atoms. The Labute approximate surface area is 289 Å². The van der Waals surface area contributed by atoms with E-state index >= 15 is 4.39 Å². The van der Waals surface area contributed by atoms with E-state index in [1.165, 1.54) is 12.1 Å². The number of fused-ring (bicyclic) bond motifs is 3. The van der Waals surface area contributed by atoms with Gasteiger partial charge in [0.25, 0.3) is 0 Å². The number of halogens is 2. The monoisotopic (exact) mass is 678 g/mol. The van der Waals surface area contributed by atoms with Crippen LogP contribution in [0.25, 0.3) is 44.8 Å². The lowest BCUT2D eigenvalue weighted by Gasteiger charge is -2.36. The number of rotatable bonds is 7. The van der Waals surface area contributed by atoms with Crippen molar-refractivity contribution in [2.75, 3.05) is 13.2 Å². The second kappa shape index (κ2) is 12.2. The summed E-state index contributed by atoms with van der Waals surface area (Å²) in [5.74, 6) is -0.526. The number of hydrogen-bond acceptors (Lipinski definition) is 6. The number of benzene rings is 2. The van der Waals surface area contributed by atoms with Crippen molar-refractivity contribution in [1.82, 2.24) is 29.2 Å². The van der Waals surface area contributed by atoms with E-state index in [0.717, 1.165) is 63.8 Å². The standard InChI is InChI=1S/C39H40F2N6O3/c1-6-35(49)46-18-20(2)47-33(21(46)3)17-31(44-47)39-36(37-29(41)15-25(40)16-34(37)50-19-23-12-26(48)13-23)27-8-7-9-28(27)38(43-39)24-10-11-32-30(14-24)42-22(4)45(32)5/h6,10-11,14-17,20-21,23,26,48H,1,7-9,12-13,18-19H2,2-5H3/t20-,21+,23?,26?/m0/s1. The smallest absolute Gasteiger partial charge is 0.246 e. The molecule has 1 fully saturated rings. The molecule has 258 valence electrons. The Bertz CT molecular complexity index is 2200. The fourth-order valence-electron chi connectivity index (χ4n) is 8.04. The van der Waals surface area contributed by atoms with Gasteiger partial charge in [0, 0.05) is 36.9 Å². The number of aliphatic hydroxyl groups excluding tert-OH is 1. The Kier molecular flexibility index (Phi) is 7.85. The van der Waals surface area contributed by atoms with Crippen molar-refractivity contribution in [3.8, 4) is 39.5 Å². The van der Waals surface area contributed by atoms with Crippen LogP contribution < -0.4 is 4.74 Å². The Morgan fingerprint density at radius 3 is 2.60 bits per heavy atom. The van der Waals surface area contributed by atoms with Gasteiger partial charge < -0.3 is 19.3 Å². The van der Waals surface area contributed by atoms with Crippen molar-refractivity contribution in [3.05, 3.63) is 83.3 Å². The predicted molar refractivity (Wildman–Crippen MR) is 187 cm³/mol. The van der Waals surface area contributed by atoms with Crippen LogP contribution in [-0.4, -0.2) is 59.5 Å². The van der Waals surface area contributed by atoms with Gasteiger partial charge in [-0.15, -0.1) is 0 Å². The molecular formula is C39H40F2N6O3. The van der Waals surface area contributed by atoms with Crippen LogP contribution in [0.1, 0.15) is 67.8 Å². The van der Waals surface area contributed by atoms with Crippen LogP contribution in [0.3, 0.4) is 0 Å². The van der Waals surface area contributed by atoms with E-state index in [1.807, 2.05) is 55.3 Å². The van der Waals surface area contributed by atoms with Gasteiger partial charge in [-0.25, -0.2) is 18.7 Å². The number of amides is 1. The van der Waals surface area contributed by atoms with Crippen LogP contribution in [0, 0.1) is 24.5 Å². The van der Waals surface area contributed by atoms with Crippen molar-refractivity contribution >= 4 is 16.9 Å². The van der Waals surface area contributed by atoms with Crippen LogP contribution in [0.4, 0.5) is 8.78 Å². The summed E-state index contributed by atoms with van der Waals surface area (Å²) in [7, 11) is 1.99. The number of aryl methyl sites for hydroxylation is 2. The molecule has 4 heterocycles. The second-order valence-corrected chi connectivity index (χ2v) is 14.1. The minimum atomic E-state index is -0.739. The minimum absolute atomic E-state index is 0.101. The predicted octanol–water partition coefficient (Wildman–Crippen LogP) is 7.04. The van der Waals surface area contributed by atoms with Crippen molar-refractivity contribution in [1.29, 1.82) is 0 Å². The third-order valence-corrected chi connectivity index (χ3v) is 10.8. The van der Waals surface area contributed by atoms with Gasteiger partial charge in [-0.1, -0.05) is 12.6 Å². The van der Waals surface area contributed by atoms with Gasteiger partial charge in [-0.3, -0.25) is 9.48 Å². The van der Waals surface area contributed by atoms with Crippen molar-refractivity contribution in [2.45, 2.75) is 71.1 Å². The molecule has 5 aromatic rings. The lowest BCUT2D eigenvalue weighted by molar-refractivity contribution is -0.129. The molecule has 0 saturated heterocycles. The number of carbonyl (C=O) groups excluding carboxylic acids is 1. The lowest BCUT2D eigenvalue weighted by atomic mass is 9.83. The van der Waals surface area contributed by atoms with E-state index in [4.69, 9.17) is 19.8 Å². The zero-order chi connectivity index (χ0) is 35.0. The molecule has 0 unspecified atom stereocenters. The summed E-state index contributed by atoms with van der Waals surface area (Å²) in [5, 5.41) is 14.9. The van der Waals surface area contributed by atoms with Crippen LogP contribution in [0.2, 0.25) is 0 Å². The summed E-state index contributed by atoms with van der Waals surface area (Å²) >= 11 is 0. The number of ether oxygens (including phenoxy) is 1. The van der Waals surface area contributed by atoms with Crippen LogP contribution in [0.5, 0.6) is 5.75 Å². The maximum absolute atomic E-state index is 16.3. The van der Waals surface area contributed by atoms with Gasteiger partial charge in [0.15, 0.2) is 0 Å². The molecule has 11 heteroatoms. The van der Waals surface area contributed by atoms with E-state index in [9.17, 15) is 14.3 Å². The summed E-state index contributed by atoms with van der Waals surface area (Å²) in [6.07, 6.45) is 4.39. The maximum Gasteiger partial charge on any atom is 0.246 e. The molecule has 1 saturated carbocycles. The molecule has 1 aliphatic heterocycles. The van der Waals surface area contributed by atoms with Gasteiger partial charge in [0.1, 0.15) is 28.9 Å². The van der Waals surface area contributed by atoms with Crippen LogP contribution >= 0.6 is 0 Å². The molecule has 3 aliphatic rings. The fraction of sp³-hybridized carbons (Fsp3) is 0.385. The Balaban J connectivity index is 1.36. The maximum atomic E-state index is 16.3. The lowest BCUT2D eigenvalue weighted by Crippen LogP contribution is -2.42. The highest BCUT2D eigenvalue weighted by Crippen LogP contribution is 2.48. The van der Waals surface area contributed by atoms with E-state index in [1.54, 1.807) is 4.90 Å². The number of pyridine rings is 1. The van der Waals surface area contributed by atoms with Crippen molar-refractivity contribution in [2.24, 2.45) is 13.0 Å². The first-order valence-corrected chi connectivity index (χ1v) is 17.3. The SMILES string of the molecule is C=CC(=O)N1C[C@H](C)n2nc(-c3nc(-c4ccc5c(c4)nc(C)n5C)c4c(c3-c3c(F)cc(F)cc3OCC3CC(O)C3)CCC4)cc2[C@H]1C. The normalized spacial score (nSPS) is 21.2. The quantitative estimate of drug-likeness (QED) is 0.186. The number of imidazole rings is 1. The minimum Gasteiger partial charge on any atom is -0.492 e. The molecule has 9 nitrogen and oxygen atoms in total. The first kappa shape index (κ1) is 32.3. The van der Waals surface area contributed by atoms with Gasteiger partial charge in [-0.05, 0) is 94.2 Å². The van der Waals surface area contributed by atoms with Crippen LogP contribution in [-0.2, 0) is 24.7 Å². The fourth-order valence-corrected chi connectivity index (χ4v) is 8.04. The second-order valence-electron chi connectivity index (χ2n) is 14.1.